The van der Waals surface area contributed by atoms with Crippen LogP contribution < -0.4 is 0 Å². The van der Waals surface area contributed by atoms with Gasteiger partial charge in [-0.2, -0.15) is 5.10 Å². The molecule has 3 nitrogen and oxygen atoms in total. The quantitative estimate of drug-likeness (QED) is 0.561. The van der Waals surface area contributed by atoms with Crippen LogP contribution in [0.25, 0.3) is 32.1 Å². The fourth-order valence-corrected chi connectivity index (χ4v) is 3.31. The lowest BCUT2D eigenvalue weighted by molar-refractivity contribution is 1.07. The van der Waals surface area contributed by atoms with E-state index in [0.29, 0.717) is 0 Å². The summed E-state index contributed by atoms with van der Waals surface area (Å²) in [6, 6.07) is 8.46. The Morgan fingerprint density at radius 2 is 2.11 bits per heavy atom. The Labute approximate surface area is 113 Å². The second kappa shape index (κ2) is 3.90. The van der Waals surface area contributed by atoms with Crippen LogP contribution in [0.2, 0.25) is 0 Å². The van der Waals surface area contributed by atoms with Crippen molar-refractivity contribution in [3.8, 4) is 11.1 Å². The van der Waals surface area contributed by atoms with Gasteiger partial charge in [-0.3, -0.25) is 10.1 Å². The summed E-state index contributed by atoms with van der Waals surface area (Å²) in [5, 5.41) is 11.8. The number of rotatable bonds is 1. The maximum atomic E-state index is 4.33. The first kappa shape index (κ1) is 10.7. The molecule has 4 aromatic rings. The van der Waals surface area contributed by atoms with Crippen LogP contribution in [0.4, 0.5) is 0 Å². The summed E-state index contributed by atoms with van der Waals surface area (Å²) in [5.41, 5.74) is 4.49. The molecule has 0 unspecified atom stereocenters. The Balaban J connectivity index is 2.03. The van der Waals surface area contributed by atoms with Gasteiger partial charge in [0.05, 0.1) is 5.52 Å². The molecular weight excluding hydrogens is 254 g/mol. The Morgan fingerprint density at radius 3 is 3.05 bits per heavy atom. The van der Waals surface area contributed by atoms with Gasteiger partial charge in [-0.05, 0) is 36.1 Å². The topological polar surface area (TPSA) is 41.6 Å². The van der Waals surface area contributed by atoms with Crippen LogP contribution >= 0.6 is 11.3 Å². The van der Waals surface area contributed by atoms with Crippen molar-refractivity contribution < 1.29 is 0 Å². The number of aromatic amines is 1. The van der Waals surface area contributed by atoms with Crippen LogP contribution in [0.5, 0.6) is 0 Å². The monoisotopic (exact) mass is 265 g/mol. The van der Waals surface area contributed by atoms with Gasteiger partial charge < -0.3 is 0 Å². The molecule has 0 fully saturated rings. The summed E-state index contributed by atoms with van der Waals surface area (Å²) >= 11 is 1.76. The molecule has 1 aromatic carbocycles. The number of pyridine rings is 1. The third kappa shape index (κ3) is 1.57. The summed E-state index contributed by atoms with van der Waals surface area (Å²) in [6.07, 6.45) is 3.85. The molecule has 0 amide bonds. The minimum atomic E-state index is 1.01. The molecule has 92 valence electrons. The second-order valence-corrected chi connectivity index (χ2v) is 5.52. The molecule has 3 heterocycles. The lowest BCUT2D eigenvalue weighted by Crippen LogP contribution is -1.81. The molecule has 0 saturated carbocycles. The van der Waals surface area contributed by atoms with Crippen LogP contribution in [0, 0.1) is 6.92 Å². The average molecular weight is 265 g/mol. The summed E-state index contributed by atoms with van der Waals surface area (Å²) in [5.74, 6) is 0. The summed E-state index contributed by atoms with van der Waals surface area (Å²) in [7, 11) is 0. The van der Waals surface area contributed by atoms with Gasteiger partial charge in [-0.1, -0.05) is 6.07 Å². The Bertz CT molecular complexity index is 889. The van der Waals surface area contributed by atoms with Crippen molar-refractivity contribution in [1.82, 2.24) is 15.2 Å². The molecule has 0 spiro atoms. The molecule has 0 aliphatic carbocycles. The van der Waals surface area contributed by atoms with Crippen molar-refractivity contribution in [3.05, 3.63) is 47.7 Å². The van der Waals surface area contributed by atoms with Gasteiger partial charge in [0.2, 0.25) is 0 Å². The predicted molar refractivity (Wildman–Crippen MR) is 79.4 cm³/mol. The highest BCUT2D eigenvalue weighted by Gasteiger charge is 2.08. The smallest absolute Gasteiger partial charge is 0.0924 e. The van der Waals surface area contributed by atoms with Crippen molar-refractivity contribution >= 4 is 32.3 Å². The average Bonchev–Trinajstić information content (AvgIpc) is 3.05. The number of hydrogen-bond acceptors (Lipinski definition) is 3. The van der Waals surface area contributed by atoms with Crippen molar-refractivity contribution in [1.29, 1.82) is 0 Å². The highest BCUT2D eigenvalue weighted by molar-refractivity contribution is 7.17. The molecule has 4 rings (SSSR count). The fraction of sp³-hybridized carbons (Fsp3) is 0.0667. The molecule has 0 aliphatic heterocycles. The van der Waals surface area contributed by atoms with E-state index in [2.05, 4.69) is 44.8 Å². The van der Waals surface area contributed by atoms with E-state index in [1.54, 1.807) is 11.3 Å². The van der Waals surface area contributed by atoms with Crippen molar-refractivity contribution in [2.75, 3.05) is 0 Å². The number of hydrogen-bond donors (Lipinski definition) is 1. The third-order valence-electron chi connectivity index (χ3n) is 3.41. The Morgan fingerprint density at radius 1 is 1.16 bits per heavy atom. The normalized spacial score (nSPS) is 11.4. The molecule has 19 heavy (non-hydrogen) atoms. The van der Waals surface area contributed by atoms with E-state index in [1.165, 1.54) is 26.6 Å². The summed E-state index contributed by atoms with van der Waals surface area (Å²) in [6.45, 7) is 2.04. The van der Waals surface area contributed by atoms with Crippen molar-refractivity contribution in [3.63, 3.8) is 0 Å². The first-order valence-corrected chi connectivity index (χ1v) is 6.97. The van der Waals surface area contributed by atoms with Crippen LogP contribution in [0.15, 0.2) is 42.0 Å². The number of nitrogens with one attached hydrogen (secondary N) is 1. The van der Waals surface area contributed by atoms with Gasteiger partial charge in [-0.25, -0.2) is 0 Å². The zero-order chi connectivity index (χ0) is 12.8. The van der Waals surface area contributed by atoms with Gasteiger partial charge in [-0.15, -0.1) is 11.3 Å². The minimum Gasteiger partial charge on any atom is -0.282 e. The highest BCUT2D eigenvalue weighted by atomic mass is 32.1. The molecule has 0 atom stereocenters. The highest BCUT2D eigenvalue weighted by Crippen LogP contribution is 2.33. The Kier molecular flexibility index (Phi) is 2.19. The van der Waals surface area contributed by atoms with Crippen molar-refractivity contribution in [2.24, 2.45) is 0 Å². The van der Waals surface area contributed by atoms with E-state index in [9.17, 15) is 0 Å². The predicted octanol–water partition coefficient (Wildman–Crippen LogP) is 4.15. The number of nitrogens with zero attached hydrogens (tertiary/aromatic N) is 2. The molecule has 0 saturated heterocycles. The zero-order valence-electron chi connectivity index (χ0n) is 10.3. The third-order valence-corrected chi connectivity index (χ3v) is 4.38. The van der Waals surface area contributed by atoms with Gasteiger partial charge in [0, 0.05) is 39.1 Å². The van der Waals surface area contributed by atoms with E-state index >= 15 is 0 Å². The van der Waals surface area contributed by atoms with E-state index < -0.39 is 0 Å². The molecule has 4 heteroatoms. The number of thiophene rings is 1. The van der Waals surface area contributed by atoms with Gasteiger partial charge in [0.15, 0.2) is 0 Å². The number of aromatic nitrogens is 3. The van der Waals surface area contributed by atoms with Crippen LogP contribution in [0.1, 0.15) is 5.69 Å². The molecule has 0 bridgehead atoms. The van der Waals surface area contributed by atoms with Crippen LogP contribution in [0.3, 0.4) is 0 Å². The number of fused-ring (bicyclic) bond motifs is 2. The van der Waals surface area contributed by atoms with Gasteiger partial charge in [0.1, 0.15) is 0 Å². The van der Waals surface area contributed by atoms with Crippen LogP contribution in [-0.4, -0.2) is 15.2 Å². The Hall–Kier alpha value is -2.20. The van der Waals surface area contributed by atoms with E-state index in [4.69, 9.17) is 0 Å². The molecule has 1 N–H and O–H groups in total. The van der Waals surface area contributed by atoms with E-state index in [1.807, 2.05) is 19.3 Å². The van der Waals surface area contributed by atoms with Crippen LogP contribution in [-0.2, 0) is 0 Å². The van der Waals surface area contributed by atoms with E-state index in [0.717, 1.165) is 11.2 Å². The maximum Gasteiger partial charge on any atom is 0.0924 e. The fourth-order valence-electron chi connectivity index (χ4n) is 2.40. The lowest BCUT2D eigenvalue weighted by atomic mass is 10.0. The molecule has 0 radical (unpaired) electrons. The number of aryl methyl sites for hydroxylation is 1. The molecular formula is C15H11N3S. The van der Waals surface area contributed by atoms with E-state index in [-0.39, 0.29) is 0 Å². The first-order chi connectivity index (χ1) is 9.33. The summed E-state index contributed by atoms with van der Waals surface area (Å²) < 4.78 is 1.29. The first-order valence-electron chi connectivity index (χ1n) is 6.09. The largest absolute Gasteiger partial charge is 0.282 e. The lowest BCUT2D eigenvalue weighted by Gasteiger charge is -2.03. The maximum absolute atomic E-state index is 4.33. The molecule has 0 aliphatic rings. The zero-order valence-corrected chi connectivity index (χ0v) is 11.2. The SMILES string of the molecule is Cc1[nH]nc2ccc(-c3cncc4ccsc34)cc12. The van der Waals surface area contributed by atoms with Gasteiger partial charge in [0.25, 0.3) is 0 Å². The van der Waals surface area contributed by atoms with Gasteiger partial charge >= 0.3 is 0 Å². The number of benzene rings is 1. The summed E-state index contributed by atoms with van der Waals surface area (Å²) in [4.78, 5) is 4.33. The number of H-pyrrole nitrogens is 1. The standard InChI is InChI=1S/C15H11N3S/c1-9-12-6-10(2-3-14(12)18-17-9)13-8-16-7-11-4-5-19-15(11)13/h2-8H,1H3,(H,17,18). The second-order valence-electron chi connectivity index (χ2n) is 4.61. The molecule has 3 aromatic heterocycles. The minimum absolute atomic E-state index is 1.01. The van der Waals surface area contributed by atoms with Crippen molar-refractivity contribution in [2.45, 2.75) is 6.92 Å².